The van der Waals surface area contributed by atoms with E-state index in [2.05, 4.69) is 10.1 Å². The molecule has 0 saturated carbocycles. The van der Waals surface area contributed by atoms with Crippen LogP contribution in [0, 0.1) is 0 Å². The van der Waals surface area contributed by atoms with E-state index in [1.54, 1.807) is 20.2 Å². The number of rotatable bonds is 6. The standard InChI is InChI=1S/C11H18N2O5/c1-13(2)9(14)7-5-4-6-8(10(15)16)12-11(17)18-3/h5,7-8H,4,6H2,1-3H3,(H,12,17)(H,15,16)/b7-5+. The summed E-state index contributed by atoms with van der Waals surface area (Å²) in [7, 11) is 4.39. The van der Waals surface area contributed by atoms with Crippen LogP contribution in [0.4, 0.5) is 4.79 Å². The van der Waals surface area contributed by atoms with Gasteiger partial charge < -0.3 is 20.1 Å². The lowest BCUT2D eigenvalue weighted by Gasteiger charge is -2.12. The molecular weight excluding hydrogens is 240 g/mol. The van der Waals surface area contributed by atoms with Crippen molar-refractivity contribution >= 4 is 18.0 Å². The Morgan fingerprint density at radius 2 is 2.00 bits per heavy atom. The van der Waals surface area contributed by atoms with Crippen molar-refractivity contribution in [3.63, 3.8) is 0 Å². The van der Waals surface area contributed by atoms with E-state index in [4.69, 9.17) is 5.11 Å². The van der Waals surface area contributed by atoms with E-state index < -0.39 is 18.1 Å². The first-order valence-electron chi connectivity index (χ1n) is 5.33. The van der Waals surface area contributed by atoms with Gasteiger partial charge in [-0.15, -0.1) is 0 Å². The highest BCUT2D eigenvalue weighted by molar-refractivity contribution is 5.87. The number of carboxylic acid groups (broad SMARTS) is 1. The molecule has 0 radical (unpaired) electrons. The van der Waals surface area contributed by atoms with Gasteiger partial charge in [0.05, 0.1) is 7.11 Å². The quantitative estimate of drug-likeness (QED) is 0.664. The van der Waals surface area contributed by atoms with Crippen molar-refractivity contribution in [2.75, 3.05) is 21.2 Å². The fourth-order valence-corrected chi connectivity index (χ4v) is 1.05. The fraction of sp³-hybridized carbons (Fsp3) is 0.545. The Bertz CT molecular complexity index is 338. The monoisotopic (exact) mass is 258 g/mol. The summed E-state index contributed by atoms with van der Waals surface area (Å²) < 4.78 is 4.31. The number of likely N-dealkylation sites (N-methyl/N-ethyl adjacent to an activating group) is 1. The molecule has 2 amide bonds. The summed E-state index contributed by atoms with van der Waals surface area (Å²) in [5.74, 6) is -1.32. The Morgan fingerprint density at radius 1 is 1.39 bits per heavy atom. The number of alkyl carbamates (subject to hydrolysis) is 1. The zero-order valence-electron chi connectivity index (χ0n) is 10.7. The largest absolute Gasteiger partial charge is 0.480 e. The second-order valence-electron chi connectivity index (χ2n) is 3.74. The first-order valence-corrected chi connectivity index (χ1v) is 5.33. The first kappa shape index (κ1) is 16.0. The molecular formula is C11H18N2O5. The van der Waals surface area contributed by atoms with E-state index in [9.17, 15) is 14.4 Å². The van der Waals surface area contributed by atoms with E-state index in [0.29, 0.717) is 6.42 Å². The maximum absolute atomic E-state index is 11.2. The Morgan fingerprint density at radius 3 is 2.44 bits per heavy atom. The van der Waals surface area contributed by atoms with Crippen LogP contribution in [0.1, 0.15) is 12.8 Å². The summed E-state index contributed by atoms with van der Waals surface area (Å²) in [4.78, 5) is 34.3. The third-order valence-electron chi connectivity index (χ3n) is 2.10. The minimum atomic E-state index is -1.15. The van der Waals surface area contributed by atoms with E-state index in [1.165, 1.54) is 11.0 Å². The lowest BCUT2D eigenvalue weighted by atomic mass is 10.1. The van der Waals surface area contributed by atoms with Gasteiger partial charge in [-0.2, -0.15) is 0 Å². The zero-order chi connectivity index (χ0) is 14.1. The molecule has 0 rings (SSSR count). The summed E-state index contributed by atoms with van der Waals surface area (Å²) in [6.45, 7) is 0. The van der Waals surface area contributed by atoms with Gasteiger partial charge in [0.15, 0.2) is 0 Å². The molecule has 7 nitrogen and oxygen atoms in total. The molecule has 102 valence electrons. The SMILES string of the molecule is COC(=O)NC(CC/C=C/C(=O)N(C)C)C(=O)O. The predicted molar refractivity (Wildman–Crippen MR) is 64.0 cm³/mol. The summed E-state index contributed by atoms with van der Waals surface area (Å²) in [6, 6.07) is -1.03. The van der Waals surface area contributed by atoms with Crippen LogP contribution in [0.15, 0.2) is 12.2 Å². The number of methoxy groups -OCH3 is 1. The second-order valence-corrected chi connectivity index (χ2v) is 3.74. The number of hydrogen-bond acceptors (Lipinski definition) is 4. The van der Waals surface area contributed by atoms with Gasteiger partial charge in [0.2, 0.25) is 5.91 Å². The molecule has 0 aliphatic heterocycles. The van der Waals surface area contributed by atoms with Crippen LogP contribution in [-0.4, -0.2) is 55.2 Å². The molecule has 1 unspecified atom stereocenters. The van der Waals surface area contributed by atoms with Crippen molar-refractivity contribution in [2.45, 2.75) is 18.9 Å². The maximum atomic E-state index is 11.2. The van der Waals surface area contributed by atoms with Crippen LogP contribution in [0.3, 0.4) is 0 Å². The number of nitrogens with zero attached hydrogens (tertiary/aromatic N) is 1. The summed E-state index contributed by atoms with van der Waals surface area (Å²) >= 11 is 0. The van der Waals surface area contributed by atoms with Gasteiger partial charge in [0, 0.05) is 14.1 Å². The second kappa shape index (κ2) is 8.10. The zero-order valence-corrected chi connectivity index (χ0v) is 10.7. The molecule has 0 aromatic rings. The average molecular weight is 258 g/mol. The summed E-state index contributed by atoms with van der Waals surface area (Å²) in [5, 5.41) is 11.0. The molecule has 0 aliphatic carbocycles. The van der Waals surface area contributed by atoms with Crippen LogP contribution in [0.2, 0.25) is 0 Å². The van der Waals surface area contributed by atoms with E-state index in [0.717, 1.165) is 7.11 Å². The van der Waals surface area contributed by atoms with E-state index in [-0.39, 0.29) is 12.3 Å². The Kier molecular flexibility index (Phi) is 7.18. The summed E-state index contributed by atoms with van der Waals surface area (Å²) in [6.07, 6.45) is 2.67. The predicted octanol–water partition coefficient (Wildman–Crippen LogP) is 0.220. The lowest BCUT2D eigenvalue weighted by Crippen LogP contribution is -2.40. The molecule has 0 heterocycles. The Labute approximate surface area is 105 Å². The van der Waals surface area contributed by atoms with Crippen molar-refractivity contribution in [3.8, 4) is 0 Å². The number of amides is 2. The molecule has 0 saturated heterocycles. The third-order valence-corrected chi connectivity index (χ3v) is 2.10. The van der Waals surface area contributed by atoms with E-state index >= 15 is 0 Å². The van der Waals surface area contributed by atoms with Crippen molar-refractivity contribution in [2.24, 2.45) is 0 Å². The molecule has 0 aliphatic rings. The molecule has 0 fully saturated rings. The van der Waals surface area contributed by atoms with Crippen LogP contribution in [-0.2, 0) is 14.3 Å². The number of carboxylic acids is 1. The minimum absolute atomic E-state index is 0.178. The minimum Gasteiger partial charge on any atom is -0.480 e. The number of carbonyl (C=O) groups excluding carboxylic acids is 2. The van der Waals surface area contributed by atoms with Gasteiger partial charge in [-0.3, -0.25) is 4.79 Å². The van der Waals surface area contributed by atoms with Crippen LogP contribution in [0.25, 0.3) is 0 Å². The smallest absolute Gasteiger partial charge is 0.407 e. The summed E-state index contributed by atoms with van der Waals surface area (Å²) in [5.41, 5.74) is 0. The lowest BCUT2D eigenvalue weighted by molar-refractivity contribution is -0.139. The van der Waals surface area contributed by atoms with Crippen molar-refractivity contribution in [3.05, 3.63) is 12.2 Å². The maximum Gasteiger partial charge on any atom is 0.407 e. The van der Waals surface area contributed by atoms with Gasteiger partial charge >= 0.3 is 12.1 Å². The normalized spacial score (nSPS) is 11.9. The van der Waals surface area contributed by atoms with Crippen molar-refractivity contribution in [1.82, 2.24) is 10.2 Å². The molecule has 7 heteroatoms. The highest BCUT2D eigenvalue weighted by Gasteiger charge is 2.18. The fourth-order valence-electron chi connectivity index (χ4n) is 1.05. The number of aliphatic carboxylic acids is 1. The molecule has 0 bridgehead atoms. The van der Waals surface area contributed by atoms with Gasteiger partial charge in [0.25, 0.3) is 0 Å². The third kappa shape index (κ3) is 6.51. The topological polar surface area (TPSA) is 95.9 Å². The number of carbonyl (C=O) groups is 3. The number of allylic oxidation sites excluding steroid dienone is 1. The van der Waals surface area contributed by atoms with Crippen LogP contribution < -0.4 is 5.32 Å². The first-order chi connectivity index (χ1) is 8.38. The molecule has 18 heavy (non-hydrogen) atoms. The van der Waals surface area contributed by atoms with Gasteiger partial charge in [-0.1, -0.05) is 6.08 Å². The molecule has 0 aromatic carbocycles. The van der Waals surface area contributed by atoms with E-state index in [1.807, 2.05) is 0 Å². The number of nitrogens with one attached hydrogen (secondary N) is 1. The highest BCUT2D eigenvalue weighted by Crippen LogP contribution is 2.00. The van der Waals surface area contributed by atoms with Crippen LogP contribution in [0.5, 0.6) is 0 Å². The number of hydrogen-bond donors (Lipinski definition) is 2. The van der Waals surface area contributed by atoms with Gasteiger partial charge in [0.1, 0.15) is 6.04 Å². The molecule has 2 N–H and O–H groups in total. The van der Waals surface area contributed by atoms with Crippen molar-refractivity contribution < 1.29 is 24.2 Å². The Hall–Kier alpha value is -2.05. The van der Waals surface area contributed by atoms with Gasteiger partial charge in [-0.25, -0.2) is 9.59 Å². The molecule has 1 atom stereocenters. The molecule has 0 aromatic heterocycles. The highest BCUT2D eigenvalue weighted by atomic mass is 16.5. The van der Waals surface area contributed by atoms with Crippen molar-refractivity contribution in [1.29, 1.82) is 0 Å². The average Bonchev–Trinajstić information content (AvgIpc) is 2.31. The van der Waals surface area contributed by atoms with Gasteiger partial charge in [-0.05, 0) is 18.9 Å². The number of ether oxygens (including phenoxy) is 1. The molecule has 0 spiro atoms. The Balaban J connectivity index is 4.17. The van der Waals surface area contributed by atoms with Crippen LogP contribution >= 0.6 is 0 Å².